The quantitative estimate of drug-likeness (QED) is 0.880. The largest absolute Gasteiger partial charge is 0.496 e. The number of nitrogens with one attached hydrogen (secondary N) is 1. The van der Waals surface area contributed by atoms with Gasteiger partial charge in [-0.25, -0.2) is 0 Å². The van der Waals surface area contributed by atoms with Crippen molar-refractivity contribution in [3.8, 4) is 5.75 Å². The smallest absolute Gasteiger partial charge is 0.294 e. The number of oxazole rings is 1. The Balaban J connectivity index is 2.27. The summed E-state index contributed by atoms with van der Waals surface area (Å²) in [4.78, 5) is 4.37. The van der Waals surface area contributed by atoms with Crippen molar-refractivity contribution >= 4 is 6.01 Å². The van der Waals surface area contributed by atoms with Crippen LogP contribution >= 0.6 is 0 Å². The molecule has 1 aromatic heterocycles. The van der Waals surface area contributed by atoms with Gasteiger partial charge in [0, 0.05) is 19.0 Å². The van der Waals surface area contributed by atoms with E-state index in [1.165, 1.54) is 0 Å². The van der Waals surface area contributed by atoms with Crippen LogP contribution in [0, 0.1) is 6.92 Å². The van der Waals surface area contributed by atoms with Gasteiger partial charge in [-0.15, -0.1) is 0 Å². The topological polar surface area (TPSA) is 47.3 Å². The minimum atomic E-state index is 0.549. The number of anilines is 1. The lowest BCUT2D eigenvalue weighted by atomic mass is 10.1. The maximum atomic E-state index is 5.45. The van der Waals surface area contributed by atoms with Crippen LogP contribution < -0.4 is 10.1 Å². The number of nitrogens with zero attached hydrogens (tertiary/aromatic N) is 1. The molecule has 0 bridgehead atoms. The average molecular weight is 232 g/mol. The molecule has 0 amide bonds. The summed E-state index contributed by atoms with van der Waals surface area (Å²) >= 11 is 0. The first-order valence-corrected chi connectivity index (χ1v) is 5.50. The van der Waals surface area contributed by atoms with Gasteiger partial charge in [-0.3, -0.25) is 0 Å². The molecule has 0 atom stereocenters. The minimum absolute atomic E-state index is 0.549. The summed E-state index contributed by atoms with van der Waals surface area (Å²) in [6, 6.07) is 8.48. The van der Waals surface area contributed by atoms with Crippen LogP contribution in [0.25, 0.3) is 0 Å². The van der Waals surface area contributed by atoms with Crippen molar-refractivity contribution < 1.29 is 9.15 Å². The van der Waals surface area contributed by atoms with Gasteiger partial charge in [0.2, 0.25) is 0 Å². The summed E-state index contributed by atoms with van der Waals surface area (Å²) in [7, 11) is 3.46. The molecule has 90 valence electrons. The van der Waals surface area contributed by atoms with Gasteiger partial charge in [0.05, 0.1) is 12.8 Å². The number of aryl methyl sites for hydroxylation is 1. The molecule has 0 aliphatic rings. The first-order valence-electron chi connectivity index (χ1n) is 5.50. The van der Waals surface area contributed by atoms with E-state index in [1.54, 1.807) is 14.2 Å². The summed E-state index contributed by atoms with van der Waals surface area (Å²) in [5, 5.41) is 2.89. The predicted molar refractivity (Wildman–Crippen MR) is 66.6 cm³/mol. The molecule has 0 aliphatic heterocycles. The number of para-hydroxylation sites is 1. The second-order valence-electron chi connectivity index (χ2n) is 3.76. The third-order valence-corrected chi connectivity index (χ3v) is 2.66. The van der Waals surface area contributed by atoms with Gasteiger partial charge < -0.3 is 14.5 Å². The van der Waals surface area contributed by atoms with Crippen molar-refractivity contribution in [2.24, 2.45) is 0 Å². The highest BCUT2D eigenvalue weighted by Gasteiger charge is 2.11. The highest BCUT2D eigenvalue weighted by molar-refractivity contribution is 5.37. The Bertz CT molecular complexity index is 506. The van der Waals surface area contributed by atoms with Gasteiger partial charge >= 0.3 is 0 Å². The van der Waals surface area contributed by atoms with Crippen LogP contribution in [-0.2, 0) is 6.42 Å². The van der Waals surface area contributed by atoms with Gasteiger partial charge in [-0.1, -0.05) is 18.2 Å². The third-order valence-electron chi connectivity index (χ3n) is 2.66. The molecule has 2 aromatic rings. The molecule has 0 radical (unpaired) electrons. The van der Waals surface area contributed by atoms with Gasteiger partial charge in [0.1, 0.15) is 11.5 Å². The molecular formula is C13H16N2O2. The molecule has 0 saturated heterocycles. The monoisotopic (exact) mass is 232 g/mol. The number of methoxy groups -OCH3 is 1. The summed E-state index contributed by atoms with van der Waals surface area (Å²) < 4.78 is 10.8. The highest BCUT2D eigenvalue weighted by atomic mass is 16.5. The van der Waals surface area contributed by atoms with Crippen LogP contribution in [0.1, 0.15) is 17.0 Å². The number of aromatic nitrogens is 1. The van der Waals surface area contributed by atoms with E-state index < -0.39 is 0 Å². The molecule has 0 aliphatic carbocycles. The van der Waals surface area contributed by atoms with Crippen molar-refractivity contribution in [1.29, 1.82) is 0 Å². The Kier molecular flexibility index (Phi) is 3.32. The van der Waals surface area contributed by atoms with Gasteiger partial charge in [0.25, 0.3) is 6.01 Å². The van der Waals surface area contributed by atoms with Crippen LogP contribution in [0.2, 0.25) is 0 Å². The zero-order chi connectivity index (χ0) is 12.3. The van der Waals surface area contributed by atoms with E-state index in [-0.39, 0.29) is 0 Å². The molecule has 1 aromatic carbocycles. The molecular weight excluding hydrogens is 216 g/mol. The molecule has 4 nitrogen and oxygen atoms in total. The number of benzene rings is 1. The van der Waals surface area contributed by atoms with Crippen LogP contribution in [0.5, 0.6) is 5.75 Å². The number of ether oxygens (including phenoxy) is 1. The Morgan fingerprint density at radius 1 is 1.35 bits per heavy atom. The second kappa shape index (κ2) is 4.91. The van der Waals surface area contributed by atoms with Crippen molar-refractivity contribution in [3.63, 3.8) is 0 Å². The van der Waals surface area contributed by atoms with Gasteiger partial charge in [-0.05, 0) is 13.0 Å². The normalized spacial score (nSPS) is 10.3. The molecule has 4 heteroatoms. The van der Waals surface area contributed by atoms with Crippen LogP contribution in [0.15, 0.2) is 28.7 Å². The maximum absolute atomic E-state index is 5.45. The summed E-state index contributed by atoms with van der Waals surface area (Å²) in [5.41, 5.74) is 2.04. The Hall–Kier alpha value is -1.97. The first kappa shape index (κ1) is 11.5. The van der Waals surface area contributed by atoms with E-state index in [0.29, 0.717) is 12.4 Å². The van der Waals surface area contributed by atoms with E-state index in [9.17, 15) is 0 Å². The van der Waals surface area contributed by atoms with Crippen molar-refractivity contribution in [1.82, 2.24) is 4.98 Å². The lowest BCUT2D eigenvalue weighted by molar-refractivity contribution is 0.410. The Labute approximate surface area is 101 Å². The molecule has 2 rings (SSSR count). The average Bonchev–Trinajstić information content (AvgIpc) is 2.71. The third kappa shape index (κ3) is 2.41. The first-order chi connectivity index (χ1) is 8.24. The fourth-order valence-corrected chi connectivity index (χ4v) is 1.73. The fraction of sp³-hybridized carbons (Fsp3) is 0.308. The Morgan fingerprint density at radius 2 is 2.12 bits per heavy atom. The summed E-state index contributed by atoms with van der Waals surface area (Å²) in [6.45, 7) is 1.92. The second-order valence-corrected chi connectivity index (χ2v) is 3.76. The van der Waals surface area contributed by atoms with E-state index in [0.717, 1.165) is 22.8 Å². The standard InChI is InChI=1S/C13H16N2O2/c1-9-11(15-13(14-2)17-9)8-10-6-4-5-7-12(10)16-3/h4-7H,8H2,1-3H3,(H,14,15). The van der Waals surface area contributed by atoms with Crippen molar-refractivity contribution in [3.05, 3.63) is 41.3 Å². The van der Waals surface area contributed by atoms with Crippen molar-refractivity contribution in [2.45, 2.75) is 13.3 Å². The molecule has 1 N–H and O–H groups in total. The number of hydrogen-bond acceptors (Lipinski definition) is 4. The molecule has 0 spiro atoms. The summed E-state index contributed by atoms with van der Waals surface area (Å²) in [6.07, 6.45) is 0.709. The van der Waals surface area contributed by atoms with E-state index in [2.05, 4.69) is 10.3 Å². The number of rotatable bonds is 4. The minimum Gasteiger partial charge on any atom is -0.496 e. The molecule has 17 heavy (non-hydrogen) atoms. The highest BCUT2D eigenvalue weighted by Crippen LogP contribution is 2.23. The molecule has 0 unspecified atom stereocenters. The lowest BCUT2D eigenvalue weighted by Gasteiger charge is -2.06. The van der Waals surface area contributed by atoms with E-state index in [4.69, 9.17) is 9.15 Å². The van der Waals surface area contributed by atoms with Crippen LogP contribution in [0.4, 0.5) is 6.01 Å². The molecule has 1 heterocycles. The van der Waals surface area contributed by atoms with Gasteiger partial charge in [0.15, 0.2) is 0 Å². The summed E-state index contributed by atoms with van der Waals surface area (Å²) in [5.74, 6) is 1.71. The van der Waals surface area contributed by atoms with Crippen LogP contribution in [0.3, 0.4) is 0 Å². The fourth-order valence-electron chi connectivity index (χ4n) is 1.73. The lowest BCUT2D eigenvalue weighted by Crippen LogP contribution is -1.95. The zero-order valence-electron chi connectivity index (χ0n) is 10.3. The van der Waals surface area contributed by atoms with Crippen molar-refractivity contribution in [2.75, 3.05) is 19.5 Å². The van der Waals surface area contributed by atoms with Gasteiger partial charge in [-0.2, -0.15) is 4.98 Å². The molecule has 0 fully saturated rings. The number of hydrogen-bond donors (Lipinski definition) is 1. The van der Waals surface area contributed by atoms with E-state index >= 15 is 0 Å². The Morgan fingerprint density at radius 3 is 2.76 bits per heavy atom. The predicted octanol–water partition coefficient (Wildman–Crippen LogP) is 2.62. The SMILES string of the molecule is CNc1nc(Cc2ccccc2OC)c(C)o1. The maximum Gasteiger partial charge on any atom is 0.294 e. The van der Waals surface area contributed by atoms with Crippen LogP contribution in [-0.4, -0.2) is 19.1 Å². The molecule has 0 saturated carbocycles. The van der Waals surface area contributed by atoms with E-state index in [1.807, 2.05) is 31.2 Å². The zero-order valence-corrected chi connectivity index (χ0v) is 10.3.